The van der Waals surface area contributed by atoms with Crippen molar-refractivity contribution >= 4 is 23.7 Å². The van der Waals surface area contributed by atoms with Crippen LogP contribution >= 0.6 is 11.6 Å². The SMILES string of the molecule is NC(COC(=O)NCCCl)C(=O)O. The summed E-state index contributed by atoms with van der Waals surface area (Å²) in [5.74, 6) is -0.953. The summed E-state index contributed by atoms with van der Waals surface area (Å²) in [6.45, 7) is -0.0911. The topological polar surface area (TPSA) is 102 Å². The average molecular weight is 211 g/mol. The first kappa shape index (κ1) is 12.0. The molecule has 0 aliphatic carbocycles. The summed E-state index contributed by atoms with van der Waals surface area (Å²) in [7, 11) is 0. The number of carbonyl (C=O) groups is 2. The number of carboxylic acids is 1. The number of nitrogens with two attached hydrogens (primary N) is 1. The number of amides is 1. The number of ether oxygens (including phenoxy) is 1. The lowest BCUT2D eigenvalue weighted by molar-refractivity contribution is -0.139. The summed E-state index contributed by atoms with van der Waals surface area (Å²) in [6, 6.07) is -1.19. The lowest BCUT2D eigenvalue weighted by Gasteiger charge is -2.07. The third kappa shape index (κ3) is 6.18. The molecular formula is C6H11ClN2O4. The largest absolute Gasteiger partial charge is 0.480 e. The Morgan fingerprint density at radius 1 is 1.62 bits per heavy atom. The van der Waals surface area contributed by atoms with E-state index in [1.54, 1.807) is 0 Å². The van der Waals surface area contributed by atoms with E-state index < -0.39 is 18.1 Å². The second-order valence-electron chi connectivity index (χ2n) is 2.16. The van der Waals surface area contributed by atoms with Gasteiger partial charge in [-0.05, 0) is 0 Å². The molecule has 76 valence electrons. The van der Waals surface area contributed by atoms with Crippen LogP contribution in [0.2, 0.25) is 0 Å². The number of hydrogen-bond acceptors (Lipinski definition) is 4. The molecule has 0 spiro atoms. The minimum atomic E-state index is -1.22. The Hall–Kier alpha value is -1.01. The van der Waals surface area contributed by atoms with E-state index in [9.17, 15) is 9.59 Å². The summed E-state index contributed by atoms with van der Waals surface area (Å²) in [4.78, 5) is 20.9. The minimum Gasteiger partial charge on any atom is -0.480 e. The molecule has 0 aromatic carbocycles. The first-order valence-electron chi connectivity index (χ1n) is 3.53. The van der Waals surface area contributed by atoms with Gasteiger partial charge < -0.3 is 20.9 Å². The first-order chi connectivity index (χ1) is 6.07. The van der Waals surface area contributed by atoms with Gasteiger partial charge in [-0.15, -0.1) is 11.6 Å². The molecule has 6 nitrogen and oxygen atoms in total. The van der Waals surface area contributed by atoms with Crippen LogP contribution in [0.1, 0.15) is 0 Å². The molecule has 0 aromatic rings. The highest BCUT2D eigenvalue weighted by molar-refractivity contribution is 6.18. The van der Waals surface area contributed by atoms with E-state index in [0.717, 1.165) is 0 Å². The Bertz CT molecular complexity index is 187. The smallest absolute Gasteiger partial charge is 0.407 e. The van der Waals surface area contributed by atoms with Gasteiger partial charge in [-0.1, -0.05) is 0 Å². The molecule has 0 rings (SSSR count). The first-order valence-corrected chi connectivity index (χ1v) is 4.06. The van der Waals surface area contributed by atoms with Gasteiger partial charge in [0.2, 0.25) is 0 Å². The van der Waals surface area contributed by atoms with Crippen molar-refractivity contribution in [3.05, 3.63) is 0 Å². The van der Waals surface area contributed by atoms with Crippen molar-refractivity contribution in [2.75, 3.05) is 19.0 Å². The zero-order valence-electron chi connectivity index (χ0n) is 6.83. The molecule has 7 heteroatoms. The summed E-state index contributed by atoms with van der Waals surface area (Å²) in [5.41, 5.74) is 5.06. The number of halogens is 1. The Labute approximate surface area is 80.0 Å². The third-order valence-electron chi connectivity index (χ3n) is 1.08. The highest BCUT2D eigenvalue weighted by Crippen LogP contribution is 1.83. The summed E-state index contributed by atoms with van der Waals surface area (Å²) >= 11 is 5.27. The van der Waals surface area contributed by atoms with Crippen LogP contribution in [0.25, 0.3) is 0 Å². The normalized spacial score (nSPS) is 11.8. The lowest BCUT2D eigenvalue weighted by Crippen LogP contribution is -2.38. The van der Waals surface area contributed by atoms with Crippen LogP contribution in [0.4, 0.5) is 4.79 Å². The van der Waals surface area contributed by atoms with E-state index in [0.29, 0.717) is 0 Å². The maximum atomic E-state index is 10.7. The third-order valence-corrected chi connectivity index (χ3v) is 1.26. The van der Waals surface area contributed by atoms with Crippen LogP contribution in [0.15, 0.2) is 0 Å². The lowest BCUT2D eigenvalue weighted by atomic mass is 10.3. The molecule has 0 saturated carbocycles. The predicted octanol–water partition coefficient (Wildman–Crippen LogP) is -0.637. The zero-order valence-corrected chi connectivity index (χ0v) is 7.58. The fourth-order valence-electron chi connectivity index (χ4n) is 0.437. The Morgan fingerprint density at radius 3 is 2.69 bits per heavy atom. The van der Waals surface area contributed by atoms with Crippen molar-refractivity contribution < 1.29 is 19.4 Å². The van der Waals surface area contributed by atoms with Crippen molar-refractivity contribution in [3.8, 4) is 0 Å². The van der Waals surface area contributed by atoms with Crippen molar-refractivity contribution in [1.82, 2.24) is 5.32 Å². The van der Waals surface area contributed by atoms with Gasteiger partial charge in [-0.2, -0.15) is 0 Å². The number of nitrogens with one attached hydrogen (secondary N) is 1. The molecule has 0 fully saturated rings. The maximum Gasteiger partial charge on any atom is 0.407 e. The van der Waals surface area contributed by atoms with Gasteiger partial charge in [-0.3, -0.25) is 4.79 Å². The predicted molar refractivity (Wildman–Crippen MR) is 45.7 cm³/mol. The zero-order chi connectivity index (χ0) is 10.3. The van der Waals surface area contributed by atoms with Crippen LogP contribution in [-0.4, -0.2) is 42.2 Å². The van der Waals surface area contributed by atoms with E-state index in [1.165, 1.54) is 0 Å². The number of rotatable bonds is 5. The quantitative estimate of drug-likeness (QED) is 0.524. The van der Waals surface area contributed by atoms with Gasteiger partial charge in [0, 0.05) is 12.4 Å². The second kappa shape index (κ2) is 6.50. The van der Waals surface area contributed by atoms with Gasteiger partial charge in [0.25, 0.3) is 0 Å². The van der Waals surface area contributed by atoms with Gasteiger partial charge >= 0.3 is 12.1 Å². The Balaban J connectivity index is 3.52. The molecule has 0 saturated heterocycles. The second-order valence-corrected chi connectivity index (χ2v) is 2.54. The van der Waals surface area contributed by atoms with Crippen LogP contribution in [0, 0.1) is 0 Å². The number of alkyl carbamates (subject to hydrolysis) is 1. The number of alkyl halides is 1. The van der Waals surface area contributed by atoms with Crippen LogP contribution in [0.3, 0.4) is 0 Å². The molecular weight excluding hydrogens is 200 g/mol. The highest BCUT2D eigenvalue weighted by atomic mass is 35.5. The van der Waals surface area contributed by atoms with Crippen molar-refractivity contribution in [2.24, 2.45) is 5.73 Å². The number of carboxylic acid groups (broad SMARTS) is 1. The fourth-order valence-corrected chi connectivity index (χ4v) is 0.532. The van der Waals surface area contributed by atoms with E-state index in [-0.39, 0.29) is 19.0 Å². The standard InChI is InChI=1S/C6H11ClN2O4/c7-1-2-9-6(12)13-3-4(8)5(10)11/h4H,1-3,8H2,(H,9,12)(H,10,11). The summed E-state index contributed by atoms with van der Waals surface area (Å²) in [5, 5.41) is 10.6. The molecule has 13 heavy (non-hydrogen) atoms. The van der Waals surface area contributed by atoms with E-state index in [4.69, 9.17) is 22.4 Å². The van der Waals surface area contributed by atoms with Gasteiger partial charge in [-0.25, -0.2) is 4.79 Å². The van der Waals surface area contributed by atoms with E-state index in [2.05, 4.69) is 10.1 Å². The molecule has 1 atom stereocenters. The highest BCUT2D eigenvalue weighted by Gasteiger charge is 2.13. The molecule has 1 amide bonds. The van der Waals surface area contributed by atoms with Crippen LogP contribution < -0.4 is 11.1 Å². The molecule has 0 heterocycles. The monoisotopic (exact) mass is 210 g/mol. The molecule has 0 bridgehead atoms. The van der Waals surface area contributed by atoms with Crippen molar-refractivity contribution in [2.45, 2.75) is 6.04 Å². The van der Waals surface area contributed by atoms with Gasteiger partial charge in [0.1, 0.15) is 12.6 Å². The molecule has 0 aliphatic heterocycles. The van der Waals surface area contributed by atoms with E-state index in [1.807, 2.05) is 0 Å². The molecule has 1 unspecified atom stereocenters. The number of hydrogen-bond donors (Lipinski definition) is 3. The van der Waals surface area contributed by atoms with Crippen molar-refractivity contribution in [1.29, 1.82) is 0 Å². The van der Waals surface area contributed by atoms with Gasteiger partial charge in [0.15, 0.2) is 0 Å². The average Bonchev–Trinajstić information content (AvgIpc) is 2.10. The van der Waals surface area contributed by atoms with Crippen LogP contribution in [-0.2, 0) is 9.53 Å². The van der Waals surface area contributed by atoms with Crippen LogP contribution in [0.5, 0.6) is 0 Å². The fraction of sp³-hybridized carbons (Fsp3) is 0.667. The molecule has 4 N–H and O–H groups in total. The molecule has 0 aliphatic rings. The van der Waals surface area contributed by atoms with E-state index >= 15 is 0 Å². The maximum absolute atomic E-state index is 10.7. The molecule has 0 radical (unpaired) electrons. The number of aliphatic carboxylic acids is 1. The molecule has 0 aromatic heterocycles. The van der Waals surface area contributed by atoms with Gasteiger partial charge in [0.05, 0.1) is 0 Å². The Morgan fingerprint density at radius 2 is 2.23 bits per heavy atom. The summed E-state index contributed by atoms with van der Waals surface area (Å²) < 4.78 is 4.45. The minimum absolute atomic E-state index is 0.264. The number of carbonyl (C=O) groups excluding carboxylic acids is 1. The van der Waals surface area contributed by atoms with Crippen molar-refractivity contribution in [3.63, 3.8) is 0 Å². The summed E-state index contributed by atoms with van der Waals surface area (Å²) in [6.07, 6.45) is -0.725. The Kier molecular flexibility index (Phi) is 5.99.